The number of halogens is 2. The van der Waals surface area contributed by atoms with Crippen molar-refractivity contribution < 1.29 is 9.50 Å². The topological polar surface area (TPSA) is 32.3 Å². The molecule has 2 aromatic rings. The second-order valence-corrected chi connectivity index (χ2v) is 5.40. The molecule has 2 rings (SSSR count). The molecular weight excluding hydrogens is 305 g/mol. The van der Waals surface area contributed by atoms with E-state index in [0.717, 1.165) is 4.47 Å². The van der Waals surface area contributed by atoms with Gasteiger partial charge in [-0.2, -0.15) is 0 Å². The van der Waals surface area contributed by atoms with Crippen LogP contribution in [0.4, 0.5) is 4.39 Å². The van der Waals surface area contributed by atoms with Crippen molar-refractivity contribution in [1.82, 2.24) is 5.32 Å². The van der Waals surface area contributed by atoms with Gasteiger partial charge in [-0.1, -0.05) is 12.1 Å². The Bertz CT molecular complexity index is 515. The van der Waals surface area contributed by atoms with E-state index in [1.54, 1.807) is 23.5 Å². The standard InChI is InChI=1S/C12H11BrFNOS/c13-9-4-5-17-11(9)7-15-6-8-2-1-3-10(14)12(8)16/h1-5,15-16H,6-7H2. The fraction of sp³-hybridized carbons (Fsp3) is 0.167. The molecule has 0 amide bonds. The van der Waals surface area contributed by atoms with E-state index < -0.39 is 5.82 Å². The largest absolute Gasteiger partial charge is 0.505 e. The maximum atomic E-state index is 13.1. The van der Waals surface area contributed by atoms with Gasteiger partial charge in [-0.15, -0.1) is 11.3 Å². The van der Waals surface area contributed by atoms with Gasteiger partial charge in [0.2, 0.25) is 0 Å². The zero-order valence-electron chi connectivity index (χ0n) is 8.91. The van der Waals surface area contributed by atoms with Gasteiger partial charge in [0.15, 0.2) is 11.6 Å². The molecule has 2 nitrogen and oxygen atoms in total. The maximum Gasteiger partial charge on any atom is 0.165 e. The van der Waals surface area contributed by atoms with Gasteiger partial charge >= 0.3 is 0 Å². The molecule has 0 fully saturated rings. The molecule has 17 heavy (non-hydrogen) atoms. The number of benzene rings is 1. The zero-order chi connectivity index (χ0) is 12.3. The molecule has 5 heteroatoms. The number of aromatic hydroxyl groups is 1. The molecule has 0 aliphatic heterocycles. The Morgan fingerprint density at radius 2 is 2.12 bits per heavy atom. The number of hydrogen-bond donors (Lipinski definition) is 2. The van der Waals surface area contributed by atoms with E-state index in [-0.39, 0.29) is 5.75 Å². The van der Waals surface area contributed by atoms with Gasteiger partial charge in [-0.25, -0.2) is 4.39 Å². The molecule has 0 atom stereocenters. The van der Waals surface area contributed by atoms with Crippen LogP contribution in [-0.4, -0.2) is 5.11 Å². The summed E-state index contributed by atoms with van der Waals surface area (Å²) in [6.07, 6.45) is 0. The van der Waals surface area contributed by atoms with E-state index in [1.165, 1.54) is 10.9 Å². The average molecular weight is 316 g/mol. The third-order valence-corrected chi connectivity index (χ3v) is 4.29. The second-order valence-electron chi connectivity index (χ2n) is 3.54. The molecule has 0 saturated heterocycles. The molecule has 0 bridgehead atoms. The maximum absolute atomic E-state index is 13.1. The number of phenolic OH excluding ortho intramolecular Hbond substituents is 1. The van der Waals surface area contributed by atoms with Crippen molar-refractivity contribution in [2.24, 2.45) is 0 Å². The quantitative estimate of drug-likeness (QED) is 0.902. The fourth-order valence-corrected chi connectivity index (χ4v) is 2.93. The summed E-state index contributed by atoms with van der Waals surface area (Å²) >= 11 is 5.09. The minimum absolute atomic E-state index is 0.273. The molecule has 2 N–H and O–H groups in total. The number of hydrogen-bond acceptors (Lipinski definition) is 3. The molecular formula is C12H11BrFNOS. The highest BCUT2D eigenvalue weighted by Gasteiger charge is 2.06. The van der Waals surface area contributed by atoms with Crippen molar-refractivity contribution in [2.45, 2.75) is 13.1 Å². The molecule has 0 aliphatic carbocycles. The van der Waals surface area contributed by atoms with Gasteiger partial charge < -0.3 is 10.4 Å². The van der Waals surface area contributed by atoms with Crippen molar-refractivity contribution in [3.8, 4) is 5.75 Å². The number of para-hydroxylation sites is 1. The first-order valence-electron chi connectivity index (χ1n) is 5.07. The lowest BCUT2D eigenvalue weighted by atomic mass is 10.2. The van der Waals surface area contributed by atoms with Crippen molar-refractivity contribution in [2.75, 3.05) is 0 Å². The van der Waals surface area contributed by atoms with E-state index in [1.807, 2.05) is 11.4 Å². The highest BCUT2D eigenvalue weighted by atomic mass is 79.9. The van der Waals surface area contributed by atoms with Gasteiger partial charge in [0.05, 0.1) is 0 Å². The number of rotatable bonds is 4. The van der Waals surface area contributed by atoms with Crippen LogP contribution in [0, 0.1) is 5.82 Å². The first kappa shape index (κ1) is 12.5. The summed E-state index contributed by atoms with van der Waals surface area (Å²) in [5.41, 5.74) is 0.567. The smallest absolute Gasteiger partial charge is 0.165 e. The van der Waals surface area contributed by atoms with Crippen LogP contribution in [0.2, 0.25) is 0 Å². The molecule has 90 valence electrons. The Labute approximate surface area is 111 Å². The van der Waals surface area contributed by atoms with E-state index in [9.17, 15) is 9.50 Å². The Hall–Kier alpha value is -0.910. The van der Waals surface area contributed by atoms with Crippen LogP contribution in [0.25, 0.3) is 0 Å². The predicted molar refractivity (Wildman–Crippen MR) is 70.6 cm³/mol. The molecule has 0 unspecified atom stereocenters. The van der Waals surface area contributed by atoms with E-state index in [4.69, 9.17) is 0 Å². The third kappa shape index (κ3) is 3.06. The lowest BCUT2D eigenvalue weighted by molar-refractivity contribution is 0.423. The zero-order valence-corrected chi connectivity index (χ0v) is 11.3. The van der Waals surface area contributed by atoms with E-state index in [2.05, 4.69) is 21.2 Å². The lowest BCUT2D eigenvalue weighted by Gasteiger charge is -2.06. The Morgan fingerprint density at radius 3 is 2.82 bits per heavy atom. The summed E-state index contributed by atoms with van der Waals surface area (Å²) in [7, 11) is 0. The van der Waals surface area contributed by atoms with Gasteiger partial charge in [0, 0.05) is 28.0 Å². The molecule has 1 aromatic heterocycles. The van der Waals surface area contributed by atoms with Crippen LogP contribution in [0.5, 0.6) is 5.75 Å². The van der Waals surface area contributed by atoms with Crippen molar-refractivity contribution in [3.05, 3.63) is 50.4 Å². The minimum atomic E-state index is -0.582. The molecule has 0 radical (unpaired) electrons. The SMILES string of the molecule is Oc1c(F)cccc1CNCc1sccc1Br. The summed E-state index contributed by atoms with van der Waals surface area (Å²) in [5, 5.41) is 14.7. The highest BCUT2D eigenvalue weighted by molar-refractivity contribution is 9.10. The first-order valence-corrected chi connectivity index (χ1v) is 6.74. The Kier molecular flexibility index (Phi) is 4.15. The summed E-state index contributed by atoms with van der Waals surface area (Å²) < 4.78 is 14.1. The van der Waals surface area contributed by atoms with Crippen LogP contribution in [0.15, 0.2) is 34.1 Å². The highest BCUT2D eigenvalue weighted by Crippen LogP contribution is 2.23. The van der Waals surface area contributed by atoms with Gasteiger partial charge in [0.25, 0.3) is 0 Å². The Morgan fingerprint density at radius 1 is 1.29 bits per heavy atom. The van der Waals surface area contributed by atoms with Crippen LogP contribution < -0.4 is 5.32 Å². The number of phenols is 1. The molecule has 1 aromatic carbocycles. The van der Waals surface area contributed by atoms with Crippen LogP contribution in [0.1, 0.15) is 10.4 Å². The summed E-state index contributed by atoms with van der Waals surface area (Å²) in [4.78, 5) is 1.18. The normalized spacial score (nSPS) is 10.7. The van der Waals surface area contributed by atoms with Crippen molar-refractivity contribution in [1.29, 1.82) is 0 Å². The van der Waals surface area contributed by atoms with Crippen LogP contribution in [0.3, 0.4) is 0 Å². The Balaban J connectivity index is 1.95. The van der Waals surface area contributed by atoms with Crippen LogP contribution >= 0.6 is 27.3 Å². The minimum Gasteiger partial charge on any atom is -0.505 e. The summed E-state index contributed by atoms with van der Waals surface area (Å²) in [6.45, 7) is 1.13. The number of nitrogens with one attached hydrogen (secondary N) is 1. The molecule has 0 saturated carbocycles. The fourth-order valence-electron chi connectivity index (χ4n) is 1.46. The molecule has 1 heterocycles. The summed E-state index contributed by atoms with van der Waals surface area (Å²) in [6, 6.07) is 6.53. The summed E-state index contributed by atoms with van der Waals surface area (Å²) in [5.74, 6) is -0.855. The van der Waals surface area contributed by atoms with E-state index >= 15 is 0 Å². The van der Waals surface area contributed by atoms with Gasteiger partial charge in [-0.3, -0.25) is 0 Å². The monoisotopic (exact) mass is 315 g/mol. The van der Waals surface area contributed by atoms with Crippen LogP contribution in [-0.2, 0) is 13.1 Å². The lowest BCUT2D eigenvalue weighted by Crippen LogP contribution is -2.12. The predicted octanol–water partition coefficient (Wildman–Crippen LogP) is 3.65. The third-order valence-electron chi connectivity index (χ3n) is 2.36. The van der Waals surface area contributed by atoms with Crippen molar-refractivity contribution >= 4 is 27.3 Å². The second kappa shape index (κ2) is 5.62. The average Bonchev–Trinajstić information content (AvgIpc) is 2.71. The molecule has 0 aliphatic rings. The van der Waals surface area contributed by atoms with E-state index in [0.29, 0.717) is 18.7 Å². The number of thiophene rings is 1. The molecule has 0 spiro atoms. The first-order chi connectivity index (χ1) is 8.18. The van der Waals surface area contributed by atoms with Crippen molar-refractivity contribution in [3.63, 3.8) is 0 Å². The van der Waals surface area contributed by atoms with Gasteiger partial charge in [-0.05, 0) is 33.4 Å². The van der Waals surface area contributed by atoms with Gasteiger partial charge in [0.1, 0.15) is 0 Å².